The van der Waals surface area contributed by atoms with E-state index in [4.69, 9.17) is 0 Å². The fraction of sp³-hybridized carbons (Fsp3) is 0.0462. The second kappa shape index (κ2) is 13.9. The zero-order valence-corrected chi connectivity index (χ0v) is 40.3. The summed E-state index contributed by atoms with van der Waals surface area (Å²) in [7, 11) is 0. The molecule has 2 nitrogen and oxygen atoms in total. The molecule has 0 fully saturated rings. The zero-order valence-electron chi connectivity index (χ0n) is 38.7. The molecule has 1 unspecified atom stereocenters. The lowest BCUT2D eigenvalue weighted by atomic mass is 9.39. The van der Waals surface area contributed by atoms with Gasteiger partial charge in [0.05, 0.1) is 27.8 Å². The van der Waals surface area contributed by atoms with Crippen molar-refractivity contribution >= 4 is 78.5 Å². The molecule has 8 heteroatoms. The summed E-state index contributed by atoms with van der Waals surface area (Å²) in [6.45, 7) is -0.208. The van der Waals surface area contributed by atoms with Crippen LogP contribution in [0.25, 0.3) is 44.5 Å². The van der Waals surface area contributed by atoms with Gasteiger partial charge in [-0.05, 0) is 121 Å². The van der Waals surface area contributed by atoms with E-state index < -0.39 is 22.6 Å². The molecule has 2 aromatic heterocycles. The first-order valence-electron chi connectivity index (χ1n) is 24.8. The van der Waals surface area contributed by atoms with E-state index in [1.165, 1.54) is 76.7 Å². The zero-order chi connectivity index (χ0) is 48.1. The molecule has 2 aliphatic heterocycles. The minimum absolute atomic E-state index is 0.208. The van der Waals surface area contributed by atoms with Crippen molar-refractivity contribution in [2.24, 2.45) is 0 Å². The van der Waals surface area contributed by atoms with Gasteiger partial charge in [-0.15, -0.1) is 22.7 Å². The first-order valence-corrected chi connectivity index (χ1v) is 26.4. The molecule has 0 radical (unpaired) electrons. The van der Waals surface area contributed by atoms with Crippen molar-refractivity contribution in [3.8, 4) is 44.5 Å². The van der Waals surface area contributed by atoms with Crippen LogP contribution in [0.3, 0.4) is 0 Å². The molecule has 0 bridgehead atoms. The van der Waals surface area contributed by atoms with Gasteiger partial charge >= 0.3 is 6.18 Å². The summed E-state index contributed by atoms with van der Waals surface area (Å²) in [5, 5.41) is 0. The van der Waals surface area contributed by atoms with Crippen LogP contribution in [0, 0.1) is 0 Å². The first kappa shape index (κ1) is 40.4. The maximum absolute atomic E-state index is 15.1. The number of hydrogen-bond acceptors (Lipinski definition) is 4. The molecule has 342 valence electrons. The molecule has 73 heavy (non-hydrogen) atoms. The Kier molecular flexibility index (Phi) is 7.68. The topological polar surface area (TPSA) is 6.48 Å². The highest BCUT2D eigenvalue weighted by atomic mass is 32.1. The third-order valence-electron chi connectivity index (χ3n) is 16.9. The Balaban J connectivity index is 1.03. The van der Waals surface area contributed by atoms with Crippen molar-refractivity contribution in [3.05, 3.63) is 267 Å². The van der Waals surface area contributed by atoms with Crippen LogP contribution < -0.4 is 24.8 Å². The number of hydrogen-bond donors (Lipinski definition) is 0. The molecule has 11 aromatic rings. The molecule has 0 N–H and O–H groups in total. The normalized spacial score (nSPS) is 16.8. The number of alkyl halides is 3. The van der Waals surface area contributed by atoms with Gasteiger partial charge in [-0.3, -0.25) is 0 Å². The van der Waals surface area contributed by atoms with Crippen LogP contribution in [-0.4, -0.2) is 6.71 Å². The van der Waals surface area contributed by atoms with Crippen LogP contribution in [0.2, 0.25) is 0 Å². The molecule has 1 atom stereocenters. The third kappa shape index (κ3) is 4.70. The average Bonchev–Trinajstić information content (AvgIpc) is 4.28. The Hall–Kier alpha value is -8.17. The van der Waals surface area contributed by atoms with Crippen molar-refractivity contribution in [2.45, 2.75) is 17.0 Å². The van der Waals surface area contributed by atoms with Crippen molar-refractivity contribution < 1.29 is 13.2 Å². The minimum Gasteiger partial charge on any atom is -0.310 e. The number of halogens is 3. The summed E-state index contributed by atoms with van der Waals surface area (Å²) >= 11 is 3.76. The van der Waals surface area contributed by atoms with Gasteiger partial charge in [0.2, 0.25) is 0 Å². The predicted octanol–water partition coefficient (Wildman–Crippen LogP) is 15.6. The van der Waals surface area contributed by atoms with Crippen molar-refractivity contribution in [3.63, 3.8) is 0 Å². The van der Waals surface area contributed by atoms with Gasteiger partial charge < -0.3 is 9.80 Å². The van der Waals surface area contributed by atoms with E-state index in [9.17, 15) is 0 Å². The lowest BCUT2D eigenvalue weighted by molar-refractivity contribution is -0.137. The van der Waals surface area contributed by atoms with Crippen LogP contribution in [0.1, 0.15) is 48.7 Å². The molecule has 2 spiro atoms. The van der Waals surface area contributed by atoms with Gasteiger partial charge in [0.25, 0.3) is 6.71 Å². The van der Waals surface area contributed by atoms with Crippen molar-refractivity contribution in [2.75, 3.05) is 9.80 Å². The van der Waals surface area contributed by atoms with E-state index in [0.717, 1.165) is 66.7 Å². The Morgan fingerprint density at radius 1 is 0.370 bits per heavy atom. The van der Waals surface area contributed by atoms with Crippen molar-refractivity contribution in [1.29, 1.82) is 0 Å². The van der Waals surface area contributed by atoms with Gasteiger partial charge in [0, 0.05) is 53.2 Å². The summed E-state index contributed by atoms with van der Waals surface area (Å²) in [6.07, 6.45) is -4.53. The fourth-order valence-corrected chi connectivity index (χ4v) is 17.7. The number of rotatable bonds is 2. The van der Waals surface area contributed by atoms with Crippen LogP contribution >= 0.6 is 22.7 Å². The van der Waals surface area contributed by atoms with E-state index >= 15 is 13.2 Å². The predicted molar refractivity (Wildman–Crippen MR) is 294 cm³/mol. The van der Waals surface area contributed by atoms with Gasteiger partial charge in [0.1, 0.15) is 0 Å². The van der Waals surface area contributed by atoms with E-state index in [1.54, 1.807) is 6.07 Å². The molecular formula is C65H36BF3N2S2. The van der Waals surface area contributed by atoms with E-state index in [-0.39, 0.29) is 6.71 Å². The minimum atomic E-state index is -4.53. The van der Waals surface area contributed by atoms with Crippen LogP contribution in [0.4, 0.5) is 47.3 Å². The van der Waals surface area contributed by atoms with Crippen LogP contribution in [0.15, 0.2) is 218 Å². The quantitative estimate of drug-likeness (QED) is 0.159. The standard InChI is InChI=1S/C65H36BF3N2S2/c67-65(68,69)37-34-35-43-42-24-9-14-29-48(42)64(51(43)36-37)50-31-16-11-26-45(50)55-58-62(73-60(55)64)66-56-52(32-17-33-53(56)71(58)39-20-5-2-6-21-39)70(38-18-3-1-4-19-38)57-54-44-25-10-15-30-49(44)63(59(54)72-61(57)66)46-27-12-7-22-40(46)41-23-8-13-28-47(41)63/h1-36H. The van der Waals surface area contributed by atoms with Crippen LogP contribution in [0.5, 0.6) is 0 Å². The van der Waals surface area contributed by atoms with Crippen LogP contribution in [-0.2, 0) is 17.0 Å². The highest BCUT2D eigenvalue weighted by Gasteiger charge is 2.60. The number of thiophene rings is 2. The fourth-order valence-electron chi connectivity index (χ4n) is 14.3. The van der Waals surface area contributed by atoms with Gasteiger partial charge in [-0.1, -0.05) is 170 Å². The number of anilines is 6. The lowest BCUT2D eigenvalue weighted by Crippen LogP contribution is -2.59. The van der Waals surface area contributed by atoms with Gasteiger partial charge in [-0.25, -0.2) is 0 Å². The Morgan fingerprint density at radius 3 is 1.18 bits per heavy atom. The van der Waals surface area contributed by atoms with Gasteiger partial charge in [-0.2, -0.15) is 13.2 Å². The van der Waals surface area contributed by atoms with E-state index in [0.29, 0.717) is 5.56 Å². The average molecular weight is 977 g/mol. The van der Waals surface area contributed by atoms with E-state index in [2.05, 4.69) is 204 Å². The van der Waals surface area contributed by atoms with Gasteiger partial charge in [0.15, 0.2) is 0 Å². The molecule has 0 amide bonds. The molecule has 0 saturated heterocycles. The van der Waals surface area contributed by atoms with Crippen molar-refractivity contribution in [1.82, 2.24) is 0 Å². The SMILES string of the molecule is FC(F)(F)c1ccc2c(c1)C1(c3ccccc3-2)c2ccccc2-c2c1sc1c2N(c2ccccc2)c2cccc3c2B1c1sc2c(c1N3c1ccccc1)-c1ccccc1C21c2ccccc2-c2ccccc21. The third-order valence-corrected chi connectivity index (χ3v) is 19.6. The smallest absolute Gasteiger partial charge is 0.310 e. The molecule has 0 saturated carbocycles. The number of nitrogens with zero attached hydrogens (tertiary/aromatic N) is 2. The molecular weight excluding hydrogens is 941 g/mol. The first-order chi connectivity index (χ1) is 35.9. The molecule has 6 aliphatic rings. The maximum atomic E-state index is 15.1. The highest BCUT2D eigenvalue weighted by Crippen LogP contribution is 2.69. The molecule has 4 heterocycles. The highest BCUT2D eigenvalue weighted by molar-refractivity contribution is 7.37. The summed E-state index contributed by atoms with van der Waals surface area (Å²) in [5.74, 6) is 0. The largest absolute Gasteiger partial charge is 0.416 e. The molecule has 4 aliphatic carbocycles. The summed E-state index contributed by atoms with van der Waals surface area (Å²) in [6, 6.07) is 76.6. The lowest BCUT2D eigenvalue weighted by Gasteiger charge is -2.42. The number of para-hydroxylation sites is 2. The summed E-state index contributed by atoms with van der Waals surface area (Å²) in [4.78, 5) is 7.40. The Labute approximate surface area is 427 Å². The number of fused-ring (bicyclic) bond motifs is 26. The van der Waals surface area contributed by atoms with E-state index in [1.807, 2.05) is 28.7 Å². The molecule has 17 rings (SSSR count). The second-order valence-corrected chi connectivity index (χ2v) is 22.1. The monoisotopic (exact) mass is 976 g/mol. The summed E-state index contributed by atoms with van der Waals surface area (Å²) < 4.78 is 47.7. The second-order valence-electron chi connectivity index (χ2n) is 20.0. The summed E-state index contributed by atoms with van der Waals surface area (Å²) in [5.41, 5.74) is 21.3. The maximum Gasteiger partial charge on any atom is 0.416 e. The Bertz CT molecular complexity index is 4200. The molecule has 9 aromatic carbocycles. The Morgan fingerprint density at radius 2 is 0.740 bits per heavy atom. The number of benzene rings is 9.